The number of rotatable bonds is 3. The van der Waals surface area contributed by atoms with Crippen LogP contribution < -0.4 is 5.73 Å². The van der Waals surface area contributed by atoms with Gasteiger partial charge in [0.05, 0.1) is 6.61 Å². The maximum atomic E-state index is 9.24. The van der Waals surface area contributed by atoms with Crippen LogP contribution in [0.4, 0.5) is 0 Å². The molecule has 1 aromatic rings. The minimum absolute atomic E-state index is 0.0787. The number of benzene rings is 1. The molecule has 0 heterocycles. The summed E-state index contributed by atoms with van der Waals surface area (Å²) in [4.78, 5) is 0. The zero-order valence-electron chi connectivity index (χ0n) is 7.91. The maximum absolute atomic E-state index is 9.24. The van der Waals surface area contributed by atoms with Gasteiger partial charge in [0.1, 0.15) is 0 Å². The van der Waals surface area contributed by atoms with Crippen molar-refractivity contribution in [1.82, 2.24) is 0 Å². The fourth-order valence-corrected chi connectivity index (χ4v) is 2.21. The molecule has 1 fully saturated rings. The molecule has 1 aliphatic carbocycles. The van der Waals surface area contributed by atoms with E-state index in [9.17, 15) is 5.11 Å². The number of aliphatic hydroxyl groups excluding tert-OH is 1. The first kappa shape index (κ1) is 9.97. The maximum Gasteiger partial charge on any atom is 0.0505 e. The fraction of sp³-hybridized carbons (Fsp3) is 0.455. The Morgan fingerprint density at radius 1 is 1.57 bits per heavy atom. The SMILES string of the molecule is NC[C@@]1(CO)C[C@H]1c1cccc(Cl)c1. The van der Waals surface area contributed by atoms with Crippen LogP contribution in [0.1, 0.15) is 17.9 Å². The Kier molecular flexibility index (Phi) is 2.52. The molecule has 1 saturated carbocycles. The second-order valence-corrected chi connectivity index (χ2v) is 4.47. The lowest BCUT2D eigenvalue weighted by molar-refractivity contribution is 0.211. The van der Waals surface area contributed by atoms with Gasteiger partial charge in [-0.05, 0) is 30.0 Å². The van der Waals surface area contributed by atoms with Gasteiger partial charge in [0.2, 0.25) is 0 Å². The van der Waals surface area contributed by atoms with Gasteiger partial charge in [0, 0.05) is 17.0 Å². The lowest BCUT2D eigenvalue weighted by Crippen LogP contribution is -2.21. The van der Waals surface area contributed by atoms with Gasteiger partial charge in [-0.1, -0.05) is 23.7 Å². The molecule has 1 aromatic carbocycles. The van der Waals surface area contributed by atoms with Crippen molar-refractivity contribution < 1.29 is 5.11 Å². The largest absolute Gasteiger partial charge is 0.396 e. The lowest BCUT2D eigenvalue weighted by atomic mass is 10.0. The summed E-state index contributed by atoms with van der Waals surface area (Å²) in [5.41, 5.74) is 6.77. The molecule has 0 bridgehead atoms. The minimum atomic E-state index is -0.0787. The molecular weight excluding hydrogens is 198 g/mol. The third kappa shape index (κ3) is 1.54. The highest BCUT2D eigenvalue weighted by Crippen LogP contribution is 2.58. The fourth-order valence-electron chi connectivity index (χ4n) is 2.01. The Labute approximate surface area is 88.7 Å². The van der Waals surface area contributed by atoms with E-state index in [-0.39, 0.29) is 12.0 Å². The minimum Gasteiger partial charge on any atom is -0.396 e. The summed E-state index contributed by atoms with van der Waals surface area (Å²) in [6.45, 7) is 0.710. The van der Waals surface area contributed by atoms with Crippen molar-refractivity contribution in [2.24, 2.45) is 11.1 Å². The highest BCUT2D eigenvalue weighted by atomic mass is 35.5. The summed E-state index contributed by atoms with van der Waals surface area (Å²) < 4.78 is 0. The molecule has 0 spiro atoms. The first-order chi connectivity index (χ1) is 6.72. The topological polar surface area (TPSA) is 46.2 Å². The zero-order chi connectivity index (χ0) is 10.2. The number of nitrogens with two attached hydrogens (primary N) is 1. The van der Waals surface area contributed by atoms with Crippen LogP contribution in [0.2, 0.25) is 5.02 Å². The van der Waals surface area contributed by atoms with Gasteiger partial charge in [0.25, 0.3) is 0 Å². The number of hydrogen-bond donors (Lipinski definition) is 2. The van der Waals surface area contributed by atoms with Crippen LogP contribution in [0.15, 0.2) is 24.3 Å². The van der Waals surface area contributed by atoms with Crippen LogP contribution in [0.3, 0.4) is 0 Å². The Morgan fingerprint density at radius 3 is 2.86 bits per heavy atom. The van der Waals surface area contributed by atoms with Crippen LogP contribution in [0.25, 0.3) is 0 Å². The molecule has 2 atom stereocenters. The average Bonchev–Trinajstić information content (AvgIpc) is 2.93. The molecule has 3 N–H and O–H groups in total. The quantitative estimate of drug-likeness (QED) is 0.801. The normalized spacial score (nSPS) is 30.4. The number of halogens is 1. The predicted octanol–water partition coefficient (Wildman–Crippen LogP) is 1.76. The second-order valence-electron chi connectivity index (χ2n) is 4.04. The molecule has 2 rings (SSSR count). The Morgan fingerprint density at radius 2 is 2.36 bits per heavy atom. The molecule has 0 aliphatic heterocycles. The summed E-state index contributed by atoms with van der Waals surface area (Å²) in [6, 6.07) is 7.80. The summed E-state index contributed by atoms with van der Waals surface area (Å²) in [6.07, 6.45) is 0.973. The van der Waals surface area contributed by atoms with Crippen molar-refractivity contribution in [3.63, 3.8) is 0 Å². The van der Waals surface area contributed by atoms with Crippen molar-refractivity contribution in [1.29, 1.82) is 0 Å². The lowest BCUT2D eigenvalue weighted by Gasteiger charge is -2.10. The molecule has 2 nitrogen and oxygen atoms in total. The highest BCUT2D eigenvalue weighted by Gasteiger charge is 2.53. The molecule has 1 aliphatic rings. The Balaban J connectivity index is 2.19. The van der Waals surface area contributed by atoms with Crippen molar-refractivity contribution in [3.05, 3.63) is 34.9 Å². The summed E-state index contributed by atoms with van der Waals surface area (Å²) in [5.74, 6) is 0.385. The number of hydrogen-bond acceptors (Lipinski definition) is 2. The first-order valence-electron chi connectivity index (χ1n) is 4.78. The van der Waals surface area contributed by atoms with Crippen LogP contribution in [-0.4, -0.2) is 18.3 Å². The van der Waals surface area contributed by atoms with Gasteiger partial charge < -0.3 is 10.8 Å². The van der Waals surface area contributed by atoms with Gasteiger partial charge >= 0.3 is 0 Å². The van der Waals surface area contributed by atoms with Crippen molar-refractivity contribution in [3.8, 4) is 0 Å². The molecule has 0 radical (unpaired) electrons. The highest BCUT2D eigenvalue weighted by molar-refractivity contribution is 6.30. The van der Waals surface area contributed by atoms with E-state index in [1.165, 1.54) is 5.56 Å². The Hall–Kier alpha value is -0.570. The molecule has 0 unspecified atom stereocenters. The van der Waals surface area contributed by atoms with E-state index >= 15 is 0 Å². The van der Waals surface area contributed by atoms with Crippen molar-refractivity contribution >= 4 is 11.6 Å². The van der Waals surface area contributed by atoms with Gasteiger partial charge in [-0.15, -0.1) is 0 Å². The van der Waals surface area contributed by atoms with Gasteiger partial charge in [0.15, 0.2) is 0 Å². The summed E-state index contributed by atoms with van der Waals surface area (Å²) >= 11 is 5.90. The predicted molar refractivity (Wildman–Crippen MR) is 57.4 cm³/mol. The average molecular weight is 212 g/mol. The van der Waals surface area contributed by atoms with Gasteiger partial charge in [-0.2, -0.15) is 0 Å². The zero-order valence-corrected chi connectivity index (χ0v) is 8.67. The van der Waals surface area contributed by atoms with E-state index in [4.69, 9.17) is 17.3 Å². The smallest absolute Gasteiger partial charge is 0.0505 e. The number of aliphatic hydroxyl groups is 1. The molecule has 76 valence electrons. The first-order valence-corrected chi connectivity index (χ1v) is 5.16. The van der Waals surface area contributed by atoms with E-state index in [1.807, 2.05) is 24.3 Å². The van der Waals surface area contributed by atoms with Crippen molar-refractivity contribution in [2.75, 3.05) is 13.2 Å². The van der Waals surface area contributed by atoms with E-state index < -0.39 is 0 Å². The molecule has 0 aromatic heterocycles. The Bertz CT molecular complexity index is 336. The monoisotopic (exact) mass is 211 g/mol. The van der Waals surface area contributed by atoms with Crippen LogP contribution in [0, 0.1) is 5.41 Å². The third-order valence-corrected chi connectivity index (χ3v) is 3.40. The molecule has 14 heavy (non-hydrogen) atoms. The van der Waals surface area contributed by atoms with Gasteiger partial charge in [-0.25, -0.2) is 0 Å². The second kappa shape index (κ2) is 3.54. The molecule has 0 amide bonds. The van der Waals surface area contributed by atoms with Gasteiger partial charge in [-0.3, -0.25) is 0 Å². The summed E-state index contributed by atoms with van der Waals surface area (Å²) in [7, 11) is 0. The third-order valence-electron chi connectivity index (χ3n) is 3.16. The van der Waals surface area contributed by atoms with Crippen LogP contribution in [-0.2, 0) is 0 Å². The standard InChI is InChI=1S/C11H14ClNO/c12-9-3-1-2-8(4-9)10-5-11(10,6-13)7-14/h1-4,10,14H,5-7,13H2/t10-,11+/m0/s1. The van der Waals surface area contributed by atoms with E-state index in [0.717, 1.165) is 11.4 Å². The molecule has 0 saturated heterocycles. The van der Waals surface area contributed by atoms with E-state index in [1.54, 1.807) is 0 Å². The van der Waals surface area contributed by atoms with Crippen LogP contribution in [0.5, 0.6) is 0 Å². The van der Waals surface area contributed by atoms with E-state index in [2.05, 4.69) is 0 Å². The molecular formula is C11H14ClNO. The summed E-state index contributed by atoms with van der Waals surface area (Å²) in [5, 5.41) is 9.99. The van der Waals surface area contributed by atoms with Crippen molar-refractivity contribution in [2.45, 2.75) is 12.3 Å². The van der Waals surface area contributed by atoms with Crippen LogP contribution >= 0.6 is 11.6 Å². The molecule has 3 heteroatoms. The van der Waals surface area contributed by atoms with E-state index in [0.29, 0.717) is 12.5 Å².